The first-order valence-electron chi connectivity index (χ1n) is 4.65. The highest BCUT2D eigenvalue weighted by molar-refractivity contribution is 6.76. The van der Waals surface area contributed by atoms with Crippen LogP contribution in [-0.4, -0.2) is 6.98 Å². The van der Waals surface area contributed by atoms with Gasteiger partial charge in [0, 0.05) is 0 Å². The fourth-order valence-corrected chi connectivity index (χ4v) is 1.72. The van der Waals surface area contributed by atoms with Crippen LogP contribution in [0.4, 0.5) is 12.9 Å². The van der Waals surface area contributed by atoms with E-state index in [0.29, 0.717) is 5.39 Å². The minimum absolute atomic E-state index is 0.0917. The molecule has 0 unspecified atom stereocenters. The molecule has 2 aromatic carbocycles. The maximum atomic E-state index is 12.7. The van der Waals surface area contributed by atoms with Crippen LogP contribution >= 0.6 is 0 Å². The van der Waals surface area contributed by atoms with Crippen LogP contribution < -0.4 is 5.46 Å². The van der Waals surface area contributed by atoms with Gasteiger partial charge in [0.05, 0.1) is 11.6 Å². The van der Waals surface area contributed by atoms with E-state index in [4.69, 9.17) is 5.26 Å². The molecule has 1 nitrogen and oxygen atoms in total. The van der Waals surface area contributed by atoms with E-state index in [-0.39, 0.29) is 10.9 Å². The molecule has 0 fully saturated rings. The maximum absolute atomic E-state index is 12.7. The van der Waals surface area contributed by atoms with E-state index in [9.17, 15) is 12.9 Å². The van der Waals surface area contributed by atoms with Gasteiger partial charge in [-0.2, -0.15) is 5.26 Å². The first-order chi connectivity index (χ1) is 7.54. The lowest BCUT2D eigenvalue weighted by molar-refractivity contribution is 0.502. The van der Waals surface area contributed by atoms with Gasteiger partial charge in [-0.25, -0.2) is 0 Å². The third-order valence-electron chi connectivity index (χ3n) is 2.43. The Hall–Kier alpha value is -1.96. The largest absolute Gasteiger partial charge is 0.510 e. The summed E-state index contributed by atoms with van der Waals surface area (Å²) in [5.41, 5.74) is -0.381. The highest BCUT2D eigenvalue weighted by Crippen LogP contribution is 2.20. The Labute approximate surface area is 90.2 Å². The molecule has 16 heavy (non-hydrogen) atoms. The Balaban J connectivity index is 2.86. The van der Waals surface area contributed by atoms with Gasteiger partial charge in [0.2, 0.25) is 0 Å². The molecule has 80 valence electrons. The summed E-state index contributed by atoms with van der Waals surface area (Å²) in [6.07, 6.45) is 0. The smallest absolute Gasteiger partial charge is 0.445 e. The summed E-state index contributed by atoms with van der Waals surface area (Å²) in [6.45, 7) is -5.05. The molecular formula is C11H6BF3N-. The van der Waals surface area contributed by atoms with Crippen molar-refractivity contribution in [2.45, 2.75) is 0 Å². The van der Waals surface area contributed by atoms with Crippen molar-refractivity contribution >= 4 is 23.2 Å². The van der Waals surface area contributed by atoms with E-state index in [0.717, 1.165) is 6.07 Å². The van der Waals surface area contributed by atoms with E-state index in [1.54, 1.807) is 0 Å². The van der Waals surface area contributed by atoms with Crippen LogP contribution in [0.1, 0.15) is 5.56 Å². The quantitative estimate of drug-likeness (QED) is 0.677. The fourth-order valence-electron chi connectivity index (χ4n) is 1.72. The van der Waals surface area contributed by atoms with E-state index in [2.05, 4.69) is 0 Å². The molecule has 0 aliphatic heterocycles. The SMILES string of the molecule is N#Cc1cccc2c([B-](F)(F)F)cccc12. The zero-order chi connectivity index (χ0) is 11.8. The van der Waals surface area contributed by atoms with Crippen LogP contribution in [0.3, 0.4) is 0 Å². The monoisotopic (exact) mass is 220 g/mol. The second kappa shape index (κ2) is 3.56. The van der Waals surface area contributed by atoms with Crippen LogP contribution in [0.2, 0.25) is 0 Å². The lowest BCUT2D eigenvalue weighted by Gasteiger charge is -2.17. The molecule has 0 saturated carbocycles. The molecule has 2 aromatic rings. The normalized spacial score (nSPS) is 11.4. The molecule has 0 amide bonds. The maximum Gasteiger partial charge on any atom is 0.510 e. The molecule has 0 bridgehead atoms. The van der Waals surface area contributed by atoms with Crippen molar-refractivity contribution in [1.29, 1.82) is 5.26 Å². The van der Waals surface area contributed by atoms with Crippen molar-refractivity contribution in [3.63, 3.8) is 0 Å². The number of fused-ring (bicyclic) bond motifs is 1. The Bertz CT molecular complexity index is 584. The Morgan fingerprint density at radius 2 is 1.56 bits per heavy atom. The highest BCUT2D eigenvalue weighted by atomic mass is 19.4. The molecule has 0 N–H and O–H groups in total. The second-order valence-electron chi connectivity index (χ2n) is 3.43. The molecule has 2 rings (SSSR count). The standard InChI is InChI=1S/C11H6BF3N/c13-12(14,15)11-6-2-4-9-8(7-16)3-1-5-10(9)11/h1-6H/q-1. The lowest BCUT2D eigenvalue weighted by atomic mass is 9.76. The van der Waals surface area contributed by atoms with Gasteiger partial charge in [0.25, 0.3) is 0 Å². The van der Waals surface area contributed by atoms with Gasteiger partial charge < -0.3 is 12.9 Å². The number of hydrogen-bond donors (Lipinski definition) is 0. The van der Waals surface area contributed by atoms with Crippen molar-refractivity contribution in [2.24, 2.45) is 0 Å². The molecular weight excluding hydrogens is 214 g/mol. The summed E-state index contributed by atoms with van der Waals surface area (Å²) < 4.78 is 38.2. The summed E-state index contributed by atoms with van der Waals surface area (Å²) in [7, 11) is 0. The molecule has 0 aliphatic carbocycles. The van der Waals surface area contributed by atoms with Gasteiger partial charge in [-0.1, -0.05) is 30.3 Å². The van der Waals surface area contributed by atoms with Gasteiger partial charge >= 0.3 is 6.98 Å². The van der Waals surface area contributed by atoms with Gasteiger partial charge in [0.15, 0.2) is 0 Å². The predicted octanol–water partition coefficient (Wildman–Crippen LogP) is 2.77. The zero-order valence-corrected chi connectivity index (χ0v) is 8.12. The molecule has 0 heterocycles. The summed E-state index contributed by atoms with van der Waals surface area (Å²) in [4.78, 5) is 0. The summed E-state index contributed by atoms with van der Waals surface area (Å²) in [5, 5.41) is 9.24. The number of nitriles is 1. The number of hydrogen-bond acceptors (Lipinski definition) is 1. The second-order valence-corrected chi connectivity index (χ2v) is 3.43. The predicted molar refractivity (Wildman–Crippen MR) is 57.4 cm³/mol. The van der Waals surface area contributed by atoms with Crippen LogP contribution in [0.25, 0.3) is 10.8 Å². The fraction of sp³-hybridized carbons (Fsp3) is 0. The summed E-state index contributed by atoms with van der Waals surface area (Å²) in [5.74, 6) is 0. The average Bonchev–Trinajstić information content (AvgIpc) is 2.26. The zero-order valence-electron chi connectivity index (χ0n) is 8.12. The number of halogens is 3. The first-order valence-corrected chi connectivity index (χ1v) is 4.65. The minimum Gasteiger partial charge on any atom is -0.445 e. The van der Waals surface area contributed by atoms with E-state index in [1.807, 2.05) is 6.07 Å². The van der Waals surface area contributed by atoms with Crippen LogP contribution in [0.15, 0.2) is 36.4 Å². The Morgan fingerprint density at radius 1 is 0.938 bits per heavy atom. The van der Waals surface area contributed by atoms with Gasteiger partial charge in [-0.15, -0.1) is 5.46 Å². The highest BCUT2D eigenvalue weighted by Gasteiger charge is 2.27. The number of nitrogens with zero attached hydrogens (tertiary/aromatic N) is 1. The number of benzene rings is 2. The van der Waals surface area contributed by atoms with Crippen molar-refractivity contribution in [3.8, 4) is 6.07 Å². The molecule has 0 spiro atoms. The van der Waals surface area contributed by atoms with Gasteiger partial charge in [0.1, 0.15) is 0 Å². The van der Waals surface area contributed by atoms with Crippen molar-refractivity contribution in [1.82, 2.24) is 0 Å². The summed E-state index contributed by atoms with van der Waals surface area (Å²) in [6, 6.07) is 10.2. The van der Waals surface area contributed by atoms with Gasteiger partial charge in [-0.3, -0.25) is 0 Å². The van der Waals surface area contributed by atoms with Crippen LogP contribution in [0, 0.1) is 11.3 Å². The van der Waals surface area contributed by atoms with Crippen molar-refractivity contribution < 1.29 is 12.9 Å². The van der Waals surface area contributed by atoms with E-state index >= 15 is 0 Å². The molecule has 0 aromatic heterocycles. The molecule has 0 saturated heterocycles. The molecule has 0 aliphatic rings. The summed E-state index contributed by atoms with van der Waals surface area (Å²) >= 11 is 0. The first kappa shape index (κ1) is 10.6. The lowest BCUT2D eigenvalue weighted by Crippen LogP contribution is -2.34. The third kappa shape index (κ3) is 1.63. The molecule has 0 atom stereocenters. The van der Waals surface area contributed by atoms with Crippen molar-refractivity contribution in [3.05, 3.63) is 42.0 Å². The topological polar surface area (TPSA) is 23.8 Å². The Morgan fingerprint density at radius 3 is 2.19 bits per heavy atom. The van der Waals surface area contributed by atoms with Crippen molar-refractivity contribution in [2.75, 3.05) is 0 Å². The van der Waals surface area contributed by atoms with E-state index < -0.39 is 12.4 Å². The van der Waals surface area contributed by atoms with Crippen LogP contribution in [-0.2, 0) is 0 Å². The third-order valence-corrected chi connectivity index (χ3v) is 2.43. The minimum atomic E-state index is -5.05. The Kier molecular flexibility index (Phi) is 2.35. The molecule has 5 heteroatoms. The number of rotatable bonds is 1. The van der Waals surface area contributed by atoms with Gasteiger partial charge in [-0.05, 0) is 16.8 Å². The van der Waals surface area contributed by atoms with Crippen LogP contribution in [0.5, 0.6) is 0 Å². The average molecular weight is 220 g/mol. The molecule has 0 radical (unpaired) electrons. The van der Waals surface area contributed by atoms with E-state index in [1.165, 1.54) is 30.3 Å².